The zero-order chi connectivity index (χ0) is 28.7. The summed E-state index contributed by atoms with van der Waals surface area (Å²) in [6.07, 6.45) is 5.84. The van der Waals surface area contributed by atoms with Crippen molar-refractivity contribution in [3.8, 4) is 29.9 Å². The molecule has 0 bridgehead atoms. The van der Waals surface area contributed by atoms with Gasteiger partial charge in [-0.1, -0.05) is 47.3 Å². The first-order chi connectivity index (χ1) is 19.8. The Kier molecular flexibility index (Phi) is 6.67. The number of nitriles is 1. The lowest BCUT2D eigenvalue weighted by Gasteiger charge is -2.46. The van der Waals surface area contributed by atoms with Crippen LogP contribution in [0.25, 0.3) is 0 Å². The lowest BCUT2D eigenvalue weighted by Crippen LogP contribution is -2.56. The van der Waals surface area contributed by atoms with Gasteiger partial charge in [0.2, 0.25) is 11.8 Å². The molecule has 6 rings (SSSR count). The van der Waals surface area contributed by atoms with Gasteiger partial charge in [-0.3, -0.25) is 9.59 Å². The Morgan fingerprint density at radius 3 is 2.41 bits per heavy atom. The monoisotopic (exact) mass is 577 g/mol. The molecule has 0 radical (unpaired) electrons. The number of fused-ring (bicyclic) bond motifs is 2. The summed E-state index contributed by atoms with van der Waals surface area (Å²) < 4.78 is 6.30. The molecule has 4 aromatic rings. The van der Waals surface area contributed by atoms with E-state index in [0.717, 1.165) is 5.56 Å². The fourth-order valence-corrected chi connectivity index (χ4v) is 6.32. The summed E-state index contributed by atoms with van der Waals surface area (Å²) in [6.45, 7) is 0. The number of benzene rings is 4. The minimum absolute atomic E-state index is 0.0486. The van der Waals surface area contributed by atoms with Crippen LogP contribution in [0, 0.1) is 23.7 Å². The number of anilines is 1. The van der Waals surface area contributed by atoms with Gasteiger partial charge in [0.15, 0.2) is 0 Å². The Labute approximate surface area is 246 Å². The largest absolute Gasteiger partial charge is 0.457 e. The Balaban J connectivity index is 1.60. The number of halogens is 2. The molecule has 1 saturated heterocycles. The third kappa shape index (κ3) is 4.48. The molecule has 2 heterocycles. The van der Waals surface area contributed by atoms with Crippen LogP contribution in [0.2, 0.25) is 10.0 Å². The molecular formula is C33H21Cl2N3O3. The van der Waals surface area contributed by atoms with Gasteiger partial charge in [0.25, 0.3) is 0 Å². The summed E-state index contributed by atoms with van der Waals surface area (Å²) in [5, 5.41) is 16.3. The lowest BCUT2D eigenvalue weighted by atomic mass is 9.59. The molecule has 2 aliphatic heterocycles. The molecule has 4 aromatic carbocycles. The van der Waals surface area contributed by atoms with Crippen LogP contribution in [0.4, 0.5) is 5.69 Å². The second kappa shape index (κ2) is 10.3. The highest BCUT2D eigenvalue weighted by Gasteiger charge is 2.61. The van der Waals surface area contributed by atoms with E-state index in [1.807, 2.05) is 12.1 Å². The Bertz CT molecular complexity index is 1810. The highest BCUT2D eigenvalue weighted by Crippen LogP contribution is 2.58. The van der Waals surface area contributed by atoms with Crippen LogP contribution in [-0.4, -0.2) is 11.8 Å². The zero-order valence-electron chi connectivity index (χ0n) is 21.4. The molecule has 3 atom stereocenters. The van der Waals surface area contributed by atoms with Gasteiger partial charge in [0.05, 0.1) is 17.7 Å². The topological polar surface area (TPSA) is 91.2 Å². The number of nitrogens with zero attached hydrogens (tertiary/aromatic N) is 1. The first-order valence-electron chi connectivity index (χ1n) is 12.8. The van der Waals surface area contributed by atoms with Crippen LogP contribution in [0.1, 0.15) is 46.2 Å². The van der Waals surface area contributed by atoms with E-state index in [0.29, 0.717) is 49.5 Å². The van der Waals surface area contributed by atoms with Crippen LogP contribution < -0.4 is 15.4 Å². The minimum Gasteiger partial charge on any atom is -0.457 e. The van der Waals surface area contributed by atoms with Crippen LogP contribution in [0.3, 0.4) is 0 Å². The first-order valence-corrected chi connectivity index (χ1v) is 13.5. The van der Waals surface area contributed by atoms with Gasteiger partial charge >= 0.3 is 0 Å². The third-order valence-electron chi connectivity index (χ3n) is 7.70. The van der Waals surface area contributed by atoms with Crippen molar-refractivity contribution in [3.05, 3.63) is 123 Å². The van der Waals surface area contributed by atoms with E-state index in [4.69, 9.17) is 34.4 Å². The van der Waals surface area contributed by atoms with Gasteiger partial charge < -0.3 is 15.4 Å². The van der Waals surface area contributed by atoms with Crippen molar-refractivity contribution < 1.29 is 14.3 Å². The van der Waals surface area contributed by atoms with Gasteiger partial charge in [-0.2, -0.15) is 5.26 Å². The maximum absolute atomic E-state index is 14.3. The van der Waals surface area contributed by atoms with Crippen molar-refractivity contribution in [2.75, 3.05) is 5.32 Å². The van der Waals surface area contributed by atoms with Gasteiger partial charge in [0.1, 0.15) is 16.9 Å². The minimum atomic E-state index is -1.30. The van der Waals surface area contributed by atoms with Crippen LogP contribution in [-0.2, 0) is 15.0 Å². The SMILES string of the molecule is C#Cc1ccc(Oc2ccc(C#N)cc2)c(C2NC(=O)CC(c3cccc(Cl)c3)C23C(=O)Nc2cc(Cl)ccc23)c1. The fourth-order valence-electron chi connectivity index (χ4n) is 5.95. The van der Waals surface area contributed by atoms with Crippen LogP contribution in [0.5, 0.6) is 11.5 Å². The summed E-state index contributed by atoms with van der Waals surface area (Å²) in [7, 11) is 0. The molecule has 0 saturated carbocycles. The van der Waals surface area contributed by atoms with Crippen molar-refractivity contribution in [3.63, 3.8) is 0 Å². The number of terminal acetylenes is 1. The van der Waals surface area contributed by atoms with Gasteiger partial charge in [-0.05, 0) is 77.9 Å². The molecule has 41 heavy (non-hydrogen) atoms. The van der Waals surface area contributed by atoms with Crippen molar-refractivity contribution in [1.29, 1.82) is 5.26 Å². The first kappa shape index (κ1) is 26.5. The van der Waals surface area contributed by atoms with Crippen molar-refractivity contribution in [2.45, 2.75) is 23.8 Å². The van der Waals surface area contributed by atoms with E-state index < -0.39 is 17.4 Å². The number of hydrogen-bond donors (Lipinski definition) is 2. The fraction of sp³-hybridized carbons (Fsp3) is 0.121. The van der Waals surface area contributed by atoms with Crippen molar-refractivity contribution >= 4 is 40.7 Å². The summed E-state index contributed by atoms with van der Waals surface area (Å²) in [5.41, 5.74) is 2.28. The number of rotatable bonds is 4. The normalized spacial score (nSPS) is 20.9. The van der Waals surface area contributed by atoms with Gasteiger partial charge in [0, 0.05) is 39.2 Å². The molecular weight excluding hydrogens is 557 g/mol. The highest BCUT2D eigenvalue weighted by molar-refractivity contribution is 6.31. The molecule has 2 amide bonds. The van der Waals surface area contributed by atoms with E-state index >= 15 is 0 Å². The van der Waals surface area contributed by atoms with E-state index in [1.165, 1.54) is 0 Å². The molecule has 1 fully saturated rings. The second-order valence-corrected chi connectivity index (χ2v) is 10.8. The number of carbonyl (C=O) groups excluding carboxylic acids is 2. The second-order valence-electron chi connectivity index (χ2n) is 9.96. The molecule has 0 aliphatic carbocycles. The Morgan fingerprint density at radius 2 is 1.68 bits per heavy atom. The summed E-state index contributed by atoms with van der Waals surface area (Å²) in [4.78, 5) is 27.7. The van der Waals surface area contributed by atoms with Gasteiger partial charge in [-0.25, -0.2) is 0 Å². The molecule has 8 heteroatoms. The van der Waals surface area contributed by atoms with Crippen molar-refractivity contribution in [1.82, 2.24) is 5.32 Å². The standard InChI is InChI=1S/C33H21Cl2N3O3/c1-2-19-8-13-29(41-24-10-6-20(18-36)7-11-24)25(14-19)31-33(26-12-9-23(35)16-28(26)37-32(33)40)27(17-30(39)38-31)21-4-3-5-22(34)15-21/h1,3-16,27,31H,17H2,(H,37,40)(H,38,39). The quantitative estimate of drug-likeness (QED) is 0.259. The maximum atomic E-state index is 14.3. The maximum Gasteiger partial charge on any atom is 0.238 e. The third-order valence-corrected chi connectivity index (χ3v) is 8.17. The van der Waals surface area contributed by atoms with Crippen molar-refractivity contribution in [2.24, 2.45) is 0 Å². The summed E-state index contributed by atoms with van der Waals surface area (Å²) >= 11 is 12.7. The molecule has 3 unspecified atom stereocenters. The van der Waals surface area contributed by atoms with E-state index in [2.05, 4.69) is 22.6 Å². The number of ether oxygens (including phenoxy) is 1. The van der Waals surface area contributed by atoms with E-state index in [9.17, 15) is 14.9 Å². The van der Waals surface area contributed by atoms with Crippen LogP contribution >= 0.6 is 23.2 Å². The number of nitrogens with one attached hydrogen (secondary N) is 2. The van der Waals surface area contributed by atoms with E-state index in [-0.39, 0.29) is 18.2 Å². The molecule has 0 aromatic heterocycles. The Hall–Kier alpha value is -4.75. The predicted octanol–water partition coefficient (Wildman–Crippen LogP) is 6.87. The highest BCUT2D eigenvalue weighted by atomic mass is 35.5. The van der Waals surface area contributed by atoms with E-state index in [1.54, 1.807) is 72.8 Å². The number of amides is 2. The molecule has 2 N–H and O–H groups in total. The number of piperidine rings is 1. The Morgan fingerprint density at radius 1 is 0.927 bits per heavy atom. The average molecular weight is 578 g/mol. The smallest absolute Gasteiger partial charge is 0.238 e. The number of carbonyl (C=O) groups is 2. The molecule has 6 nitrogen and oxygen atoms in total. The number of hydrogen-bond acceptors (Lipinski definition) is 4. The molecule has 2 aliphatic rings. The summed E-state index contributed by atoms with van der Waals surface area (Å²) in [5.74, 6) is 2.42. The summed E-state index contributed by atoms with van der Waals surface area (Å²) in [6, 6.07) is 25.6. The molecule has 1 spiro atoms. The predicted molar refractivity (Wildman–Crippen MR) is 157 cm³/mol. The lowest BCUT2D eigenvalue weighted by molar-refractivity contribution is -0.131. The average Bonchev–Trinajstić information content (AvgIpc) is 3.25. The zero-order valence-corrected chi connectivity index (χ0v) is 23.0. The van der Waals surface area contributed by atoms with Gasteiger partial charge in [-0.15, -0.1) is 6.42 Å². The van der Waals surface area contributed by atoms with Crippen LogP contribution in [0.15, 0.2) is 84.9 Å². The molecule has 200 valence electrons.